The van der Waals surface area contributed by atoms with Crippen LogP contribution in [0.15, 0.2) is 69.5 Å². The largest absolute Gasteiger partial charge is 0.457 e. The molecule has 104 valence electrons. The molecular weight excluding hydrogens is 264 g/mol. The maximum Gasteiger partial charge on any atom is 0.177 e. The van der Waals surface area contributed by atoms with Crippen LogP contribution in [0.25, 0.3) is 21.9 Å². The molecule has 21 heavy (non-hydrogen) atoms. The molecular formula is C18H14O3. The zero-order valence-corrected chi connectivity index (χ0v) is 11.5. The lowest BCUT2D eigenvalue weighted by Gasteiger charge is -2.17. The molecule has 2 aromatic heterocycles. The van der Waals surface area contributed by atoms with Gasteiger partial charge < -0.3 is 13.9 Å². The highest BCUT2D eigenvalue weighted by atomic mass is 16.4. The van der Waals surface area contributed by atoms with Crippen molar-refractivity contribution >= 4 is 21.9 Å². The quantitative estimate of drug-likeness (QED) is 0.590. The Labute approximate surface area is 121 Å². The Bertz CT molecular complexity index is 786. The van der Waals surface area contributed by atoms with Gasteiger partial charge in [-0.2, -0.15) is 0 Å². The normalized spacial score (nSPS) is 12.3. The van der Waals surface area contributed by atoms with Gasteiger partial charge in [0.05, 0.1) is 0 Å². The summed E-state index contributed by atoms with van der Waals surface area (Å²) in [6.07, 6.45) is 0. The maximum atomic E-state index is 10.9. The van der Waals surface area contributed by atoms with E-state index in [1.54, 1.807) is 6.92 Å². The van der Waals surface area contributed by atoms with E-state index < -0.39 is 5.60 Å². The summed E-state index contributed by atoms with van der Waals surface area (Å²) < 4.78 is 11.5. The number of furan rings is 2. The predicted octanol–water partition coefficient (Wildman–Crippen LogP) is 4.43. The summed E-state index contributed by atoms with van der Waals surface area (Å²) in [7, 11) is 0. The fourth-order valence-corrected chi connectivity index (χ4v) is 2.56. The van der Waals surface area contributed by atoms with Crippen LogP contribution in [0.4, 0.5) is 0 Å². The third kappa shape index (κ3) is 1.86. The molecule has 0 aliphatic rings. The molecule has 0 amide bonds. The van der Waals surface area contributed by atoms with Crippen LogP contribution >= 0.6 is 0 Å². The molecule has 2 aromatic carbocycles. The summed E-state index contributed by atoms with van der Waals surface area (Å²) in [5.74, 6) is 0.950. The van der Waals surface area contributed by atoms with E-state index in [9.17, 15) is 5.11 Å². The number of fused-ring (bicyclic) bond motifs is 2. The summed E-state index contributed by atoms with van der Waals surface area (Å²) in [4.78, 5) is 0. The smallest absolute Gasteiger partial charge is 0.177 e. The highest BCUT2D eigenvalue weighted by Crippen LogP contribution is 2.35. The summed E-state index contributed by atoms with van der Waals surface area (Å²) >= 11 is 0. The summed E-state index contributed by atoms with van der Waals surface area (Å²) in [5.41, 5.74) is 0.200. The van der Waals surface area contributed by atoms with Gasteiger partial charge in [0.15, 0.2) is 5.60 Å². The molecule has 0 spiro atoms. The first-order valence-electron chi connectivity index (χ1n) is 6.85. The Morgan fingerprint density at radius 1 is 0.762 bits per heavy atom. The maximum absolute atomic E-state index is 10.9. The van der Waals surface area contributed by atoms with Crippen molar-refractivity contribution in [3.05, 3.63) is 72.2 Å². The standard InChI is InChI=1S/C18H14O3/c1-18(19,16-10-12-6-2-4-8-14(12)20-16)17-11-13-7-3-5-9-15(13)21-17/h2-11,19H,1H3. The average Bonchev–Trinajstić information content (AvgIpc) is 3.11. The van der Waals surface area contributed by atoms with E-state index in [0.717, 1.165) is 21.9 Å². The number of hydrogen-bond donors (Lipinski definition) is 1. The Hall–Kier alpha value is -2.52. The first-order chi connectivity index (χ1) is 10.1. The second-order valence-electron chi connectivity index (χ2n) is 5.37. The first kappa shape index (κ1) is 12.2. The van der Waals surface area contributed by atoms with Crippen molar-refractivity contribution in [2.24, 2.45) is 0 Å². The molecule has 0 aliphatic heterocycles. The molecule has 0 bridgehead atoms. The Morgan fingerprint density at radius 3 is 1.62 bits per heavy atom. The van der Waals surface area contributed by atoms with Crippen molar-refractivity contribution in [1.29, 1.82) is 0 Å². The van der Waals surface area contributed by atoms with Crippen molar-refractivity contribution < 1.29 is 13.9 Å². The summed E-state index contributed by atoms with van der Waals surface area (Å²) in [6, 6.07) is 19.1. The zero-order valence-electron chi connectivity index (χ0n) is 11.5. The van der Waals surface area contributed by atoms with E-state index in [0.29, 0.717) is 11.5 Å². The van der Waals surface area contributed by atoms with Gasteiger partial charge in [0.1, 0.15) is 22.7 Å². The molecule has 3 nitrogen and oxygen atoms in total. The molecule has 0 saturated carbocycles. The number of hydrogen-bond acceptors (Lipinski definition) is 3. The van der Waals surface area contributed by atoms with Gasteiger partial charge in [-0.15, -0.1) is 0 Å². The Kier molecular flexibility index (Phi) is 2.47. The molecule has 0 fully saturated rings. The second-order valence-corrected chi connectivity index (χ2v) is 5.37. The van der Waals surface area contributed by atoms with Gasteiger partial charge in [0.25, 0.3) is 0 Å². The Balaban J connectivity index is 1.87. The van der Waals surface area contributed by atoms with Crippen LogP contribution in [0.1, 0.15) is 18.4 Å². The van der Waals surface area contributed by atoms with Crippen LogP contribution in [0.2, 0.25) is 0 Å². The number of rotatable bonds is 2. The predicted molar refractivity (Wildman–Crippen MR) is 81.1 cm³/mol. The van der Waals surface area contributed by atoms with Crippen molar-refractivity contribution in [2.75, 3.05) is 0 Å². The van der Waals surface area contributed by atoms with Crippen molar-refractivity contribution in [2.45, 2.75) is 12.5 Å². The minimum Gasteiger partial charge on any atom is -0.457 e. The van der Waals surface area contributed by atoms with Crippen LogP contribution in [0.3, 0.4) is 0 Å². The molecule has 0 unspecified atom stereocenters. The van der Waals surface area contributed by atoms with Crippen LogP contribution in [-0.4, -0.2) is 5.11 Å². The lowest BCUT2D eigenvalue weighted by atomic mass is 10.00. The fraction of sp³-hybridized carbons (Fsp3) is 0.111. The third-order valence-corrected chi connectivity index (χ3v) is 3.81. The molecule has 3 heteroatoms. The van der Waals surface area contributed by atoms with Crippen molar-refractivity contribution in [3.63, 3.8) is 0 Å². The van der Waals surface area contributed by atoms with Gasteiger partial charge in [-0.05, 0) is 31.2 Å². The minimum atomic E-state index is -1.31. The average molecular weight is 278 g/mol. The number of para-hydroxylation sites is 2. The highest BCUT2D eigenvalue weighted by molar-refractivity contribution is 5.79. The number of aliphatic hydroxyl groups is 1. The topological polar surface area (TPSA) is 46.5 Å². The van der Waals surface area contributed by atoms with Gasteiger partial charge >= 0.3 is 0 Å². The van der Waals surface area contributed by atoms with Crippen LogP contribution in [-0.2, 0) is 5.60 Å². The van der Waals surface area contributed by atoms with E-state index in [1.807, 2.05) is 60.7 Å². The van der Waals surface area contributed by atoms with Crippen LogP contribution in [0, 0.1) is 0 Å². The Morgan fingerprint density at radius 2 is 1.19 bits per heavy atom. The van der Waals surface area contributed by atoms with Crippen molar-refractivity contribution in [3.8, 4) is 0 Å². The molecule has 4 aromatic rings. The van der Waals surface area contributed by atoms with E-state index in [4.69, 9.17) is 8.83 Å². The van der Waals surface area contributed by atoms with Gasteiger partial charge in [-0.25, -0.2) is 0 Å². The molecule has 0 atom stereocenters. The van der Waals surface area contributed by atoms with Gasteiger partial charge in [0, 0.05) is 10.8 Å². The van der Waals surface area contributed by atoms with E-state index >= 15 is 0 Å². The SMILES string of the molecule is CC(O)(c1cc2ccccc2o1)c1cc2ccccc2o1. The van der Waals surface area contributed by atoms with Crippen LogP contribution in [0.5, 0.6) is 0 Å². The van der Waals surface area contributed by atoms with Crippen molar-refractivity contribution in [1.82, 2.24) is 0 Å². The zero-order chi connectivity index (χ0) is 14.4. The lowest BCUT2D eigenvalue weighted by molar-refractivity contribution is 0.0571. The highest BCUT2D eigenvalue weighted by Gasteiger charge is 2.33. The summed E-state index contributed by atoms with van der Waals surface area (Å²) in [5, 5.41) is 12.8. The summed E-state index contributed by atoms with van der Waals surface area (Å²) in [6.45, 7) is 1.68. The molecule has 2 heterocycles. The van der Waals surface area contributed by atoms with E-state index in [1.165, 1.54) is 0 Å². The van der Waals surface area contributed by atoms with Gasteiger partial charge in [-0.3, -0.25) is 0 Å². The fourth-order valence-electron chi connectivity index (χ4n) is 2.56. The first-order valence-corrected chi connectivity index (χ1v) is 6.85. The monoisotopic (exact) mass is 278 g/mol. The van der Waals surface area contributed by atoms with E-state index in [-0.39, 0.29) is 0 Å². The molecule has 1 N–H and O–H groups in total. The minimum absolute atomic E-state index is 0.475. The molecule has 4 rings (SSSR count). The van der Waals surface area contributed by atoms with Gasteiger partial charge in [0.2, 0.25) is 0 Å². The molecule has 0 radical (unpaired) electrons. The third-order valence-electron chi connectivity index (χ3n) is 3.81. The van der Waals surface area contributed by atoms with Crippen LogP contribution < -0.4 is 0 Å². The molecule has 0 saturated heterocycles. The van der Waals surface area contributed by atoms with Gasteiger partial charge in [-0.1, -0.05) is 36.4 Å². The molecule has 0 aliphatic carbocycles. The lowest BCUT2D eigenvalue weighted by Crippen LogP contribution is -2.21. The second kappa shape index (κ2) is 4.24. The van der Waals surface area contributed by atoms with E-state index in [2.05, 4.69) is 0 Å². The number of benzene rings is 2.